The largest absolute Gasteiger partial charge is 0.493 e. The number of aliphatic hydroxyl groups excluding tert-OH is 4. The zero-order chi connectivity index (χ0) is 29.9. The van der Waals surface area contributed by atoms with Crippen molar-refractivity contribution in [2.45, 2.75) is 25.4 Å². The molecule has 0 aliphatic carbocycles. The van der Waals surface area contributed by atoms with Crippen LogP contribution in [0.5, 0.6) is 23.0 Å². The van der Waals surface area contributed by atoms with Gasteiger partial charge in [0.1, 0.15) is 13.2 Å². The van der Waals surface area contributed by atoms with Crippen molar-refractivity contribution in [3.8, 4) is 23.0 Å². The standard InChI is InChI=1S/C34H38O8/c1-39-31-17-25(13-15-29(31)41-21-23-9-5-3-6-10-23)33(37)27(19-35)28(20-36)34(38)26-14-16-30(32(18-26)40-2)42-22-24-11-7-4-8-12-24/h3-18,27-28,33-38H,19-22H2,1-2H3/t27-,28+,33-,34+. The van der Waals surface area contributed by atoms with Gasteiger partial charge in [-0.15, -0.1) is 0 Å². The van der Waals surface area contributed by atoms with Crippen LogP contribution in [-0.2, 0) is 13.2 Å². The number of hydrogen-bond donors (Lipinski definition) is 4. The van der Waals surface area contributed by atoms with Crippen LogP contribution in [0.2, 0.25) is 0 Å². The maximum absolute atomic E-state index is 11.3. The Balaban J connectivity index is 1.49. The monoisotopic (exact) mass is 574 g/mol. The van der Waals surface area contributed by atoms with E-state index in [4.69, 9.17) is 18.9 Å². The Morgan fingerprint density at radius 1 is 0.524 bits per heavy atom. The molecule has 0 aromatic heterocycles. The van der Waals surface area contributed by atoms with Crippen molar-refractivity contribution < 1.29 is 39.4 Å². The van der Waals surface area contributed by atoms with E-state index in [9.17, 15) is 20.4 Å². The summed E-state index contributed by atoms with van der Waals surface area (Å²) in [4.78, 5) is 0. The molecule has 0 fully saturated rings. The fourth-order valence-electron chi connectivity index (χ4n) is 4.88. The van der Waals surface area contributed by atoms with Gasteiger partial charge in [0.05, 0.1) is 26.4 Å². The third-order valence-corrected chi connectivity index (χ3v) is 7.32. The molecule has 0 saturated heterocycles. The summed E-state index contributed by atoms with van der Waals surface area (Å²) >= 11 is 0. The van der Waals surface area contributed by atoms with Crippen molar-refractivity contribution in [1.29, 1.82) is 0 Å². The summed E-state index contributed by atoms with van der Waals surface area (Å²) in [6.07, 6.45) is -2.43. The predicted molar refractivity (Wildman–Crippen MR) is 159 cm³/mol. The molecule has 0 radical (unpaired) electrons. The average molecular weight is 575 g/mol. The lowest BCUT2D eigenvalue weighted by atomic mass is 9.80. The second kappa shape index (κ2) is 15.2. The topological polar surface area (TPSA) is 118 Å². The fraction of sp³-hybridized carbons (Fsp3) is 0.294. The maximum atomic E-state index is 11.3. The molecular formula is C34H38O8. The molecule has 0 aliphatic rings. The van der Waals surface area contributed by atoms with Gasteiger partial charge in [-0.1, -0.05) is 72.8 Å². The zero-order valence-electron chi connectivity index (χ0n) is 23.8. The van der Waals surface area contributed by atoms with Crippen LogP contribution in [0, 0.1) is 11.8 Å². The first-order valence-corrected chi connectivity index (χ1v) is 13.8. The first kappa shape index (κ1) is 30.9. The third-order valence-electron chi connectivity index (χ3n) is 7.32. The van der Waals surface area contributed by atoms with Crippen LogP contribution in [0.4, 0.5) is 0 Å². The number of hydrogen-bond acceptors (Lipinski definition) is 8. The number of benzene rings is 4. The van der Waals surface area contributed by atoms with E-state index < -0.39 is 37.3 Å². The van der Waals surface area contributed by atoms with E-state index in [0.29, 0.717) is 47.3 Å². The Labute approximate surface area is 246 Å². The lowest BCUT2D eigenvalue weighted by Gasteiger charge is -2.32. The number of aliphatic hydroxyl groups is 4. The highest BCUT2D eigenvalue weighted by Gasteiger charge is 2.35. The number of rotatable bonds is 15. The Morgan fingerprint density at radius 3 is 1.24 bits per heavy atom. The summed E-state index contributed by atoms with van der Waals surface area (Å²) in [5, 5.41) is 43.2. The second-order valence-corrected chi connectivity index (χ2v) is 9.95. The number of methoxy groups -OCH3 is 2. The van der Waals surface area contributed by atoms with Crippen molar-refractivity contribution >= 4 is 0 Å². The Hall–Kier alpha value is -4.08. The van der Waals surface area contributed by atoms with E-state index in [-0.39, 0.29) is 0 Å². The molecule has 4 atom stereocenters. The first-order valence-electron chi connectivity index (χ1n) is 13.8. The minimum absolute atomic E-state index is 0.344. The van der Waals surface area contributed by atoms with Crippen molar-refractivity contribution in [2.24, 2.45) is 11.8 Å². The highest BCUT2D eigenvalue weighted by atomic mass is 16.5. The molecule has 4 aromatic rings. The molecule has 0 saturated carbocycles. The van der Waals surface area contributed by atoms with Crippen LogP contribution in [0.15, 0.2) is 97.1 Å². The zero-order valence-corrected chi connectivity index (χ0v) is 23.8. The van der Waals surface area contributed by atoms with Crippen LogP contribution in [0.1, 0.15) is 34.5 Å². The van der Waals surface area contributed by atoms with Gasteiger partial charge in [-0.05, 0) is 46.5 Å². The minimum Gasteiger partial charge on any atom is -0.493 e. The highest BCUT2D eigenvalue weighted by Crippen LogP contribution is 2.40. The highest BCUT2D eigenvalue weighted by molar-refractivity contribution is 5.45. The van der Waals surface area contributed by atoms with Gasteiger partial charge in [-0.25, -0.2) is 0 Å². The van der Waals surface area contributed by atoms with E-state index in [1.165, 1.54) is 14.2 Å². The van der Waals surface area contributed by atoms with E-state index >= 15 is 0 Å². The smallest absolute Gasteiger partial charge is 0.161 e. The van der Waals surface area contributed by atoms with Gasteiger partial charge < -0.3 is 39.4 Å². The summed E-state index contributed by atoms with van der Waals surface area (Å²) < 4.78 is 22.8. The average Bonchev–Trinajstić information content (AvgIpc) is 3.05. The molecule has 0 bridgehead atoms. The normalized spacial score (nSPS) is 14.0. The van der Waals surface area contributed by atoms with Gasteiger partial charge in [0.15, 0.2) is 23.0 Å². The SMILES string of the molecule is COc1cc([C@@H](O)[C@H](CO)[C@H](CO)[C@@H](O)c2ccc(OCc3ccccc3)c(OC)c2)ccc1OCc1ccccc1. The molecule has 0 heterocycles. The minimum atomic E-state index is -1.21. The summed E-state index contributed by atoms with van der Waals surface area (Å²) in [5.41, 5.74) is 2.89. The van der Waals surface area contributed by atoms with Gasteiger partial charge in [0.2, 0.25) is 0 Å². The van der Waals surface area contributed by atoms with E-state index in [2.05, 4.69) is 0 Å². The van der Waals surface area contributed by atoms with Gasteiger partial charge in [0, 0.05) is 25.0 Å². The molecule has 0 unspecified atom stereocenters. The molecule has 4 aromatic carbocycles. The van der Waals surface area contributed by atoms with Gasteiger partial charge in [0.25, 0.3) is 0 Å². The molecule has 42 heavy (non-hydrogen) atoms. The summed E-state index contributed by atoms with van der Waals surface area (Å²) in [7, 11) is 3.01. The molecule has 0 amide bonds. The van der Waals surface area contributed by atoms with Crippen molar-refractivity contribution in [3.63, 3.8) is 0 Å². The van der Waals surface area contributed by atoms with Crippen molar-refractivity contribution in [2.75, 3.05) is 27.4 Å². The molecule has 0 aliphatic heterocycles. The van der Waals surface area contributed by atoms with E-state index in [1.807, 2.05) is 60.7 Å². The lowest BCUT2D eigenvalue weighted by molar-refractivity contribution is -0.0425. The van der Waals surface area contributed by atoms with Gasteiger partial charge in [-0.3, -0.25) is 0 Å². The van der Waals surface area contributed by atoms with Crippen LogP contribution in [-0.4, -0.2) is 47.9 Å². The van der Waals surface area contributed by atoms with Crippen molar-refractivity contribution in [1.82, 2.24) is 0 Å². The second-order valence-electron chi connectivity index (χ2n) is 9.95. The Bertz CT molecular complexity index is 1270. The first-order chi connectivity index (χ1) is 20.5. The molecule has 0 spiro atoms. The van der Waals surface area contributed by atoms with E-state index in [0.717, 1.165) is 11.1 Å². The maximum Gasteiger partial charge on any atom is 0.161 e. The fourth-order valence-corrected chi connectivity index (χ4v) is 4.88. The molecule has 4 N–H and O–H groups in total. The number of ether oxygens (including phenoxy) is 4. The Morgan fingerprint density at radius 2 is 0.905 bits per heavy atom. The lowest BCUT2D eigenvalue weighted by Crippen LogP contribution is -2.32. The molecule has 8 heteroatoms. The quantitative estimate of drug-likeness (QED) is 0.159. The van der Waals surface area contributed by atoms with Crippen molar-refractivity contribution in [3.05, 3.63) is 119 Å². The summed E-state index contributed by atoms with van der Waals surface area (Å²) in [5.74, 6) is 0.0281. The molecule has 222 valence electrons. The van der Waals surface area contributed by atoms with Crippen LogP contribution < -0.4 is 18.9 Å². The molecule has 4 rings (SSSR count). The predicted octanol–water partition coefficient (Wildman–Crippen LogP) is 4.85. The van der Waals surface area contributed by atoms with Gasteiger partial charge in [-0.2, -0.15) is 0 Å². The Kier molecular flexibility index (Phi) is 11.2. The summed E-state index contributed by atoms with van der Waals surface area (Å²) in [6.45, 7) is -0.270. The summed E-state index contributed by atoms with van der Waals surface area (Å²) in [6, 6.07) is 29.4. The van der Waals surface area contributed by atoms with Gasteiger partial charge >= 0.3 is 0 Å². The molecular weight excluding hydrogens is 536 g/mol. The van der Waals surface area contributed by atoms with Crippen LogP contribution in [0.3, 0.4) is 0 Å². The third kappa shape index (κ3) is 7.60. The van der Waals surface area contributed by atoms with Crippen LogP contribution >= 0.6 is 0 Å². The van der Waals surface area contributed by atoms with E-state index in [1.54, 1.807) is 36.4 Å². The molecule has 8 nitrogen and oxygen atoms in total. The van der Waals surface area contributed by atoms with Crippen LogP contribution in [0.25, 0.3) is 0 Å².